The number of hydrogen-bond donors (Lipinski definition) is 0. The molecule has 2 aromatic rings. The van der Waals surface area contributed by atoms with E-state index in [4.69, 9.17) is 0 Å². The fourth-order valence-electron chi connectivity index (χ4n) is 2.03. The molecule has 0 N–H and O–H groups in total. The monoisotopic (exact) mass is 262 g/mol. The van der Waals surface area contributed by atoms with E-state index in [0.29, 0.717) is 0 Å². The van der Waals surface area contributed by atoms with E-state index in [0.717, 1.165) is 0 Å². The zero-order valence-electron chi connectivity index (χ0n) is 11.8. The van der Waals surface area contributed by atoms with Gasteiger partial charge in [-0.25, -0.2) is 0 Å². The molecule has 0 heterocycles. The largest absolute Gasteiger partial charge is 0.300 e. The number of Topliss-reactive ketones (excluding diaryl/α,β-unsaturated/α-hetero) is 1. The first-order chi connectivity index (χ1) is 9.66. The van der Waals surface area contributed by atoms with Gasteiger partial charge < -0.3 is 4.79 Å². The quantitative estimate of drug-likeness (QED) is 0.718. The van der Waals surface area contributed by atoms with E-state index in [1.54, 1.807) is 0 Å². The van der Waals surface area contributed by atoms with Gasteiger partial charge in [0, 0.05) is 0 Å². The molecule has 0 amide bonds. The Morgan fingerprint density at radius 1 is 0.850 bits per heavy atom. The summed E-state index contributed by atoms with van der Waals surface area (Å²) in [5.41, 5.74) is 5.18. The number of carbonyl (C=O) groups excluding carboxylic acids is 1. The molecule has 0 spiro atoms. The highest BCUT2D eigenvalue weighted by Crippen LogP contribution is 2.30. The molecule has 3 rings (SSSR count). The molecular weight excluding hydrogens is 244 g/mol. The SMILES string of the molecule is C1=Cc2ccccc2C1=Cc1ccccc1.CC(C)=O. The van der Waals surface area contributed by atoms with Gasteiger partial charge in [0.1, 0.15) is 5.78 Å². The van der Waals surface area contributed by atoms with Crippen molar-refractivity contribution in [3.63, 3.8) is 0 Å². The van der Waals surface area contributed by atoms with Crippen molar-refractivity contribution < 1.29 is 4.79 Å². The first-order valence-electron chi connectivity index (χ1n) is 6.68. The number of allylic oxidation sites excluding steroid dienone is 2. The maximum Gasteiger partial charge on any atom is 0.126 e. The lowest BCUT2D eigenvalue weighted by atomic mass is 10.0. The van der Waals surface area contributed by atoms with Crippen molar-refractivity contribution in [3.8, 4) is 0 Å². The average molecular weight is 262 g/mol. The predicted molar refractivity (Wildman–Crippen MR) is 86.1 cm³/mol. The van der Waals surface area contributed by atoms with Crippen LogP contribution in [0, 0.1) is 0 Å². The van der Waals surface area contributed by atoms with Gasteiger partial charge >= 0.3 is 0 Å². The first kappa shape index (κ1) is 14.0. The van der Waals surface area contributed by atoms with Crippen LogP contribution in [0.1, 0.15) is 30.5 Å². The van der Waals surface area contributed by atoms with Gasteiger partial charge in [0.05, 0.1) is 0 Å². The Hall–Kier alpha value is -2.41. The summed E-state index contributed by atoms with van der Waals surface area (Å²) in [6.45, 7) is 3.06. The van der Waals surface area contributed by atoms with Crippen LogP contribution in [0.25, 0.3) is 17.7 Å². The summed E-state index contributed by atoms with van der Waals surface area (Å²) in [6.07, 6.45) is 6.57. The van der Waals surface area contributed by atoms with Crippen LogP contribution < -0.4 is 0 Å². The molecule has 0 aromatic heterocycles. The zero-order valence-corrected chi connectivity index (χ0v) is 11.8. The highest BCUT2D eigenvalue weighted by atomic mass is 16.1. The van der Waals surface area contributed by atoms with Crippen molar-refractivity contribution in [3.05, 3.63) is 77.4 Å². The molecule has 1 aliphatic carbocycles. The summed E-state index contributed by atoms with van der Waals surface area (Å²) < 4.78 is 0. The lowest BCUT2D eigenvalue weighted by molar-refractivity contribution is -0.114. The molecule has 0 radical (unpaired) electrons. The summed E-state index contributed by atoms with van der Waals surface area (Å²) in [7, 11) is 0. The Morgan fingerprint density at radius 2 is 1.45 bits per heavy atom. The van der Waals surface area contributed by atoms with Gasteiger partial charge in [-0.15, -0.1) is 0 Å². The lowest BCUT2D eigenvalue weighted by Crippen LogP contribution is -1.79. The molecule has 0 unspecified atom stereocenters. The van der Waals surface area contributed by atoms with Gasteiger partial charge in [0.2, 0.25) is 0 Å². The van der Waals surface area contributed by atoms with Crippen molar-refractivity contribution in [2.75, 3.05) is 0 Å². The van der Waals surface area contributed by atoms with Gasteiger partial charge in [0.15, 0.2) is 0 Å². The highest BCUT2D eigenvalue weighted by molar-refractivity contribution is 5.97. The minimum absolute atomic E-state index is 0.167. The van der Waals surface area contributed by atoms with Crippen molar-refractivity contribution in [2.24, 2.45) is 0 Å². The Kier molecular flexibility index (Phi) is 4.67. The molecule has 1 heteroatoms. The van der Waals surface area contributed by atoms with Crippen LogP contribution in [0.4, 0.5) is 0 Å². The third-order valence-electron chi connectivity index (χ3n) is 2.84. The van der Waals surface area contributed by atoms with E-state index in [1.807, 2.05) is 6.07 Å². The number of hydrogen-bond acceptors (Lipinski definition) is 1. The molecule has 0 bridgehead atoms. The third kappa shape index (κ3) is 3.79. The Bertz CT molecular complexity index is 644. The van der Waals surface area contributed by atoms with Crippen LogP contribution in [0.15, 0.2) is 60.7 Å². The topological polar surface area (TPSA) is 17.1 Å². The second-order valence-corrected chi connectivity index (χ2v) is 4.84. The Balaban J connectivity index is 0.000000328. The number of ketones is 1. The fourth-order valence-corrected chi connectivity index (χ4v) is 2.03. The summed E-state index contributed by atoms with van der Waals surface area (Å²) >= 11 is 0. The molecular formula is C19H18O. The summed E-state index contributed by atoms with van der Waals surface area (Å²) in [4.78, 5) is 9.44. The maximum atomic E-state index is 9.44. The molecule has 0 saturated heterocycles. The third-order valence-corrected chi connectivity index (χ3v) is 2.84. The van der Waals surface area contributed by atoms with Crippen LogP contribution >= 0.6 is 0 Å². The second kappa shape index (κ2) is 6.67. The van der Waals surface area contributed by atoms with Crippen LogP contribution in [0.5, 0.6) is 0 Å². The average Bonchev–Trinajstić information content (AvgIpc) is 2.83. The summed E-state index contributed by atoms with van der Waals surface area (Å²) in [5.74, 6) is 0.167. The number of benzene rings is 2. The molecule has 2 aromatic carbocycles. The molecule has 0 saturated carbocycles. The zero-order chi connectivity index (χ0) is 14.4. The Morgan fingerprint density at radius 3 is 2.15 bits per heavy atom. The van der Waals surface area contributed by atoms with Crippen LogP contribution in [-0.4, -0.2) is 5.78 Å². The van der Waals surface area contributed by atoms with E-state index in [2.05, 4.69) is 66.8 Å². The van der Waals surface area contributed by atoms with Gasteiger partial charge in [0.25, 0.3) is 0 Å². The molecule has 20 heavy (non-hydrogen) atoms. The van der Waals surface area contributed by atoms with Crippen molar-refractivity contribution >= 4 is 23.5 Å². The van der Waals surface area contributed by atoms with Gasteiger partial charge in [-0.3, -0.25) is 0 Å². The molecule has 100 valence electrons. The minimum Gasteiger partial charge on any atom is -0.300 e. The van der Waals surface area contributed by atoms with Gasteiger partial charge in [-0.2, -0.15) is 0 Å². The summed E-state index contributed by atoms with van der Waals surface area (Å²) in [5, 5.41) is 0. The number of rotatable bonds is 1. The number of fused-ring (bicyclic) bond motifs is 1. The smallest absolute Gasteiger partial charge is 0.126 e. The highest BCUT2D eigenvalue weighted by Gasteiger charge is 2.08. The van der Waals surface area contributed by atoms with Crippen molar-refractivity contribution in [1.82, 2.24) is 0 Å². The van der Waals surface area contributed by atoms with E-state index in [9.17, 15) is 4.79 Å². The van der Waals surface area contributed by atoms with E-state index >= 15 is 0 Å². The fraction of sp³-hybridized carbons (Fsp3) is 0.105. The standard InChI is InChI=1S/C16H12.C3H6O/c1-2-6-13(7-3-1)12-15-11-10-14-8-4-5-9-16(14)15;1-3(2)4/h1-12H;1-2H3. The second-order valence-electron chi connectivity index (χ2n) is 4.84. The normalized spacial score (nSPS) is 13.6. The minimum atomic E-state index is 0.167. The number of carbonyl (C=O) groups is 1. The maximum absolute atomic E-state index is 9.44. The van der Waals surface area contributed by atoms with E-state index in [-0.39, 0.29) is 5.78 Å². The summed E-state index contributed by atoms with van der Waals surface area (Å²) in [6, 6.07) is 18.9. The molecule has 1 aliphatic rings. The van der Waals surface area contributed by atoms with E-state index in [1.165, 1.54) is 36.1 Å². The molecule has 0 atom stereocenters. The van der Waals surface area contributed by atoms with Gasteiger partial charge in [-0.05, 0) is 42.2 Å². The molecule has 1 nitrogen and oxygen atoms in total. The van der Waals surface area contributed by atoms with Crippen LogP contribution in [0.2, 0.25) is 0 Å². The molecule has 0 aliphatic heterocycles. The van der Waals surface area contributed by atoms with E-state index < -0.39 is 0 Å². The first-order valence-corrected chi connectivity index (χ1v) is 6.68. The lowest BCUT2D eigenvalue weighted by Gasteiger charge is -2.00. The predicted octanol–water partition coefficient (Wildman–Crippen LogP) is 4.85. The van der Waals surface area contributed by atoms with Gasteiger partial charge in [-0.1, -0.05) is 66.7 Å². The molecule has 0 fully saturated rings. The van der Waals surface area contributed by atoms with Crippen molar-refractivity contribution in [2.45, 2.75) is 13.8 Å². The Labute approximate surface area is 120 Å². The van der Waals surface area contributed by atoms with Crippen LogP contribution in [0.3, 0.4) is 0 Å². The van der Waals surface area contributed by atoms with Crippen molar-refractivity contribution in [1.29, 1.82) is 0 Å². The van der Waals surface area contributed by atoms with Crippen LogP contribution in [-0.2, 0) is 4.79 Å².